The second kappa shape index (κ2) is 7.21. The molecule has 1 saturated heterocycles. The van der Waals surface area contributed by atoms with Gasteiger partial charge in [-0.05, 0) is 39.8 Å². The lowest BCUT2D eigenvalue weighted by molar-refractivity contribution is 0.0709. The Labute approximate surface area is 87.8 Å². The third kappa shape index (κ3) is 5.58. The molecule has 1 heterocycles. The predicted molar refractivity (Wildman–Crippen MR) is 59.6 cm³/mol. The maximum Gasteiger partial charge on any atom is 0.0518 e. The Kier molecular flexibility index (Phi) is 6.15. The summed E-state index contributed by atoms with van der Waals surface area (Å²) in [5.41, 5.74) is 0. The fourth-order valence-corrected chi connectivity index (χ4v) is 1.73. The van der Waals surface area contributed by atoms with Gasteiger partial charge in [0.1, 0.15) is 0 Å². The minimum atomic E-state index is 0.376. The van der Waals surface area contributed by atoms with Crippen LogP contribution >= 0.6 is 0 Å². The maximum atomic E-state index is 5.52. The second-order valence-electron chi connectivity index (χ2n) is 4.22. The Bertz CT molecular complexity index is 131. The maximum absolute atomic E-state index is 5.52. The molecule has 14 heavy (non-hydrogen) atoms. The number of hydrogen-bond donors (Lipinski definition) is 1. The quantitative estimate of drug-likeness (QED) is 0.673. The average molecular weight is 200 g/mol. The van der Waals surface area contributed by atoms with Crippen LogP contribution in [0.2, 0.25) is 0 Å². The third-order valence-electron chi connectivity index (χ3n) is 2.50. The molecular formula is C11H24N2O. The van der Waals surface area contributed by atoms with Gasteiger partial charge in [0, 0.05) is 26.2 Å². The predicted octanol–water partition coefficient (Wildman–Crippen LogP) is 1.10. The first-order valence-electron chi connectivity index (χ1n) is 5.83. The Morgan fingerprint density at radius 3 is 2.93 bits per heavy atom. The highest BCUT2D eigenvalue weighted by molar-refractivity contribution is 4.65. The number of rotatable bonds is 5. The van der Waals surface area contributed by atoms with Gasteiger partial charge >= 0.3 is 0 Å². The highest BCUT2D eigenvalue weighted by Crippen LogP contribution is 1.98. The average Bonchev–Trinajstić information content (AvgIpc) is 2.40. The van der Waals surface area contributed by atoms with Crippen LogP contribution < -0.4 is 5.32 Å². The topological polar surface area (TPSA) is 24.5 Å². The van der Waals surface area contributed by atoms with Crippen LogP contribution in [-0.2, 0) is 4.74 Å². The summed E-state index contributed by atoms with van der Waals surface area (Å²) in [4.78, 5) is 2.53. The molecule has 0 saturated carbocycles. The third-order valence-corrected chi connectivity index (χ3v) is 2.50. The molecule has 84 valence electrons. The molecule has 0 atom stereocenters. The van der Waals surface area contributed by atoms with Crippen molar-refractivity contribution in [3.05, 3.63) is 0 Å². The van der Waals surface area contributed by atoms with Gasteiger partial charge in [-0.15, -0.1) is 0 Å². The summed E-state index contributed by atoms with van der Waals surface area (Å²) in [6, 6.07) is 0. The molecule has 0 radical (unpaired) electrons. The van der Waals surface area contributed by atoms with E-state index in [4.69, 9.17) is 4.74 Å². The van der Waals surface area contributed by atoms with E-state index in [2.05, 4.69) is 24.1 Å². The van der Waals surface area contributed by atoms with E-state index < -0.39 is 0 Å². The molecule has 1 aliphatic rings. The molecule has 3 nitrogen and oxygen atoms in total. The van der Waals surface area contributed by atoms with Gasteiger partial charge in [0.25, 0.3) is 0 Å². The molecule has 3 heteroatoms. The molecule has 0 amide bonds. The van der Waals surface area contributed by atoms with Gasteiger partial charge in [-0.3, -0.25) is 0 Å². The Hall–Kier alpha value is -0.120. The Balaban J connectivity index is 1.99. The fourth-order valence-electron chi connectivity index (χ4n) is 1.73. The van der Waals surface area contributed by atoms with Gasteiger partial charge in [0.2, 0.25) is 0 Å². The first-order chi connectivity index (χ1) is 6.79. The van der Waals surface area contributed by atoms with Crippen LogP contribution in [0.5, 0.6) is 0 Å². The molecule has 0 spiro atoms. The Morgan fingerprint density at radius 2 is 2.14 bits per heavy atom. The van der Waals surface area contributed by atoms with Crippen molar-refractivity contribution in [1.82, 2.24) is 10.2 Å². The number of hydrogen-bond acceptors (Lipinski definition) is 3. The lowest BCUT2D eigenvalue weighted by atomic mass is 10.3. The molecule has 0 aliphatic carbocycles. The summed E-state index contributed by atoms with van der Waals surface area (Å²) in [5, 5.41) is 3.41. The van der Waals surface area contributed by atoms with Crippen molar-refractivity contribution in [3.63, 3.8) is 0 Å². The summed E-state index contributed by atoms with van der Waals surface area (Å²) >= 11 is 0. The lowest BCUT2D eigenvalue weighted by Crippen LogP contribution is -2.29. The van der Waals surface area contributed by atoms with Crippen molar-refractivity contribution in [1.29, 1.82) is 0 Å². The first kappa shape index (κ1) is 12.0. The highest BCUT2D eigenvalue weighted by atomic mass is 16.5. The van der Waals surface area contributed by atoms with Crippen molar-refractivity contribution in [2.45, 2.75) is 32.8 Å². The van der Waals surface area contributed by atoms with Crippen molar-refractivity contribution < 1.29 is 4.74 Å². The molecule has 0 unspecified atom stereocenters. The lowest BCUT2D eigenvalue weighted by Gasteiger charge is -2.19. The fraction of sp³-hybridized carbons (Fsp3) is 1.00. The summed E-state index contributed by atoms with van der Waals surface area (Å²) in [6.07, 6.45) is 2.82. The van der Waals surface area contributed by atoms with Crippen LogP contribution in [0.1, 0.15) is 26.7 Å². The van der Waals surface area contributed by atoms with Gasteiger partial charge in [-0.1, -0.05) is 0 Å². The van der Waals surface area contributed by atoms with Crippen molar-refractivity contribution in [3.8, 4) is 0 Å². The summed E-state index contributed by atoms with van der Waals surface area (Å²) in [6.45, 7) is 11.0. The molecule has 1 rings (SSSR count). The van der Waals surface area contributed by atoms with E-state index in [1.54, 1.807) is 0 Å². The largest absolute Gasteiger partial charge is 0.379 e. The second-order valence-corrected chi connectivity index (χ2v) is 4.22. The van der Waals surface area contributed by atoms with E-state index >= 15 is 0 Å². The summed E-state index contributed by atoms with van der Waals surface area (Å²) in [5.74, 6) is 0. The Morgan fingerprint density at radius 1 is 1.29 bits per heavy atom. The van der Waals surface area contributed by atoms with Crippen molar-refractivity contribution >= 4 is 0 Å². The van der Waals surface area contributed by atoms with E-state index in [-0.39, 0.29) is 0 Å². The van der Waals surface area contributed by atoms with Crippen LogP contribution in [0.4, 0.5) is 0 Å². The monoisotopic (exact) mass is 200 g/mol. The number of ether oxygens (including phenoxy) is 1. The molecular weight excluding hydrogens is 176 g/mol. The normalized spacial score (nSPS) is 19.9. The van der Waals surface area contributed by atoms with E-state index in [9.17, 15) is 0 Å². The minimum absolute atomic E-state index is 0.376. The SMILES string of the molecule is CC(C)OCCCN1CCCNCC1. The zero-order chi connectivity index (χ0) is 10.2. The molecule has 0 aromatic heterocycles. The van der Waals surface area contributed by atoms with Crippen molar-refractivity contribution in [2.24, 2.45) is 0 Å². The zero-order valence-electron chi connectivity index (χ0n) is 9.59. The number of nitrogens with one attached hydrogen (secondary N) is 1. The summed E-state index contributed by atoms with van der Waals surface area (Å²) in [7, 11) is 0. The highest BCUT2D eigenvalue weighted by Gasteiger charge is 2.07. The van der Waals surface area contributed by atoms with Gasteiger partial charge in [0.05, 0.1) is 6.10 Å². The summed E-state index contributed by atoms with van der Waals surface area (Å²) < 4.78 is 5.52. The molecule has 1 aliphatic heterocycles. The zero-order valence-corrected chi connectivity index (χ0v) is 9.59. The van der Waals surface area contributed by atoms with Gasteiger partial charge < -0.3 is 15.0 Å². The minimum Gasteiger partial charge on any atom is -0.379 e. The molecule has 1 fully saturated rings. The van der Waals surface area contributed by atoms with E-state index in [0.717, 1.165) is 19.6 Å². The molecule has 0 bridgehead atoms. The molecule has 1 N–H and O–H groups in total. The van der Waals surface area contributed by atoms with Gasteiger partial charge in [-0.2, -0.15) is 0 Å². The van der Waals surface area contributed by atoms with Crippen LogP contribution in [0.25, 0.3) is 0 Å². The van der Waals surface area contributed by atoms with Gasteiger partial charge in [0.15, 0.2) is 0 Å². The van der Waals surface area contributed by atoms with E-state index in [1.807, 2.05) is 0 Å². The van der Waals surface area contributed by atoms with Crippen LogP contribution in [0.15, 0.2) is 0 Å². The standard InChI is InChI=1S/C11H24N2O/c1-11(2)14-10-4-8-13-7-3-5-12-6-9-13/h11-12H,3-10H2,1-2H3. The van der Waals surface area contributed by atoms with E-state index in [1.165, 1.54) is 32.6 Å². The van der Waals surface area contributed by atoms with Crippen LogP contribution in [0.3, 0.4) is 0 Å². The van der Waals surface area contributed by atoms with E-state index in [0.29, 0.717) is 6.10 Å². The molecule has 0 aromatic carbocycles. The number of nitrogens with zero attached hydrogens (tertiary/aromatic N) is 1. The van der Waals surface area contributed by atoms with Gasteiger partial charge in [-0.25, -0.2) is 0 Å². The van der Waals surface area contributed by atoms with Crippen LogP contribution in [-0.4, -0.2) is 50.3 Å². The smallest absolute Gasteiger partial charge is 0.0518 e. The van der Waals surface area contributed by atoms with Crippen LogP contribution in [0, 0.1) is 0 Å². The molecule has 0 aromatic rings. The van der Waals surface area contributed by atoms with Crippen molar-refractivity contribution in [2.75, 3.05) is 39.3 Å². The first-order valence-corrected chi connectivity index (χ1v) is 5.83.